The molecule has 1 heterocycles. The highest BCUT2D eigenvalue weighted by Gasteiger charge is 2.25. The lowest BCUT2D eigenvalue weighted by atomic mass is 10.1. The number of rotatable bonds is 2. The average Bonchev–Trinajstić information content (AvgIpc) is 2.86. The number of aromatic nitrogens is 2. The summed E-state index contributed by atoms with van der Waals surface area (Å²) in [6.07, 6.45) is 0. The number of phenolic OH excluding ortho intramolecular Hbond substituents is 1. The van der Waals surface area contributed by atoms with Crippen LogP contribution in [-0.4, -0.2) is 20.0 Å². The number of fused-ring (bicyclic) bond motifs is 1. The van der Waals surface area contributed by atoms with E-state index in [0.717, 1.165) is 5.52 Å². The van der Waals surface area contributed by atoms with Gasteiger partial charge in [0.25, 0.3) is 0 Å². The summed E-state index contributed by atoms with van der Waals surface area (Å²) >= 11 is 6.03. The summed E-state index contributed by atoms with van der Waals surface area (Å²) < 4.78 is 0. The molecule has 0 aliphatic carbocycles. The van der Waals surface area contributed by atoms with Crippen LogP contribution in [0.3, 0.4) is 0 Å². The van der Waals surface area contributed by atoms with Gasteiger partial charge >= 0.3 is 5.69 Å². The smallest absolute Gasteiger partial charge is 0.315 e. The maximum absolute atomic E-state index is 11.1. The van der Waals surface area contributed by atoms with Crippen LogP contribution < -0.4 is 0 Å². The summed E-state index contributed by atoms with van der Waals surface area (Å²) in [5.41, 5.74) is 1.49. The third-order valence-corrected chi connectivity index (χ3v) is 3.68. The Morgan fingerprint density at radius 3 is 2.76 bits per heavy atom. The first-order chi connectivity index (χ1) is 9.99. The fraction of sp³-hybridized carbons (Fsp3) is 0.0714. The molecule has 0 bridgehead atoms. The van der Waals surface area contributed by atoms with Crippen LogP contribution in [-0.2, 0) is 0 Å². The van der Waals surface area contributed by atoms with Gasteiger partial charge in [-0.1, -0.05) is 23.7 Å². The number of nitrogens with zero attached hydrogens (tertiary/aromatic N) is 2. The fourth-order valence-electron chi connectivity index (χ4n) is 2.21. The minimum atomic E-state index is -0.650. The van der Waals surface area contributed by atoms with E-state index in [1.165, 1.54) is 13.0 Å². The van der Waals surface area contributed by atoms with Crippen molar-refractivity contribution >= 4 is 28.3 Å². The summed E-state index contributed by atoms with van der Waals surface area (Å²) in [7, 11) is 0. The number of hydrogen-bond acceptors (Lipinski definition) is 4. The maximum Gasteiger partial charge on any atom is 0.315 e. The van der Waals surface area contributed by atoms with Gasteiger partial charge in [-0.15, -0.1) is 0 Å². The third kappa shape index (κ3) is 2.09. The number of imidazole rings is 1. The topological polar surface area (TPSA) is 92.0 Å². The molecule has 0 amide bonds. The number of nitro groups is 1. The molecule has 0 aliphatic heterocycles. The van der Waals surface area contributed by atoms with E-state index >= 15 is 0 Å². The first-order valence-corrected chi connectivity index (χ1v) is 6.48. The predicted octanol–water partition coefficient (Wildman–Crippen LogP) is 3.81. The largest absolute Gasteiger partial charge is 0.502 e. The van der Waals surface area contributed by atoms with Gasteiger partial charge in [0.2, 0.25) is 5.75 Å². The van der Waals surface area contributed by atoms with Gasteiger partial charge in [0.15, 0.2) is 0 Å². The van der Waals surface area contributed by atoms with Crippen molar-refractivity contribution in [2.75, 3.05) is 0 Å². The van der Waals surface area contributed by atoms with Gasteiger partial charge in [-0.05, 0) is 25.1 Å². The van der Waals surface area contributed by atoms with Gasteiger partial charge in [0, 0.05) is 5.56 Å². The summed E-state index contributed by atoms with van der Waals surface area (Å²) in [5.74, 6) is -0.111. The monoisotopic (exact) mass is 303 g/mol. The van der Waals surface area contributed by atoms with Crippen LogP contribution in [0.1, 0.15) is 5.56 Å². The number of nitro benzene ring substituents is 1. The number of aromatic hydroxyl groups is 1. The highest BCUT2D eigenvalue weighted by atomic mass is 35.5. The molecular formula is C14H10ClN3O3. The van der Waals surface area contributed by atoms with Crippen molar-refractivity contribution in [1.29, 1.82) is 0 Å². The molecule has 21 heavy (non-hydrogen) atoms. The maximum atomic E-state index is 11.1. The molecule has 2 N–H and O–H groups in total. The molecule has 0 radical (unpaired) electrons. The van der Waals surface area contributed by atoms with Crippen LogP contribution >= 0.6 is 11.6 Å². The zero-order valence-electron chi connectivity index (χ0n) is 10.9. The Kier molecular flexibility index (Phi) is 3.03. The number of para-hydroxylation sites is 2. The van der Waals surface area contributed by atoms with E-state index in [-0.39, 0.29) is 16.1 Å². The molecule has 0 aliphatic rings. The Hall–Kier alpha value is -2.60. The van der Waals surface area contributed by atoms with E-state index in [2.05, 4.69) is 9.97 Å². The van der Waals surface area contributed by atoms with Crippen LogP contribution in [0.4, 0.5) is 5.69 Å². The summed E-state index contributed by atoms with van der Waals surface area (Å²) in [6.45, 7) is 1.49. The molecule has 6 nitrogen and oxygen atoms in total. The van der Waals surface area contributed by atoms with Crippen molar-refractivity contribution < 1.29 is 10.0 Å². The zero-order valence-corrected chi connectivity index (χ0v) is 11.7. The minimum Gasteiger partial charge on any atom is -0.502 e. The van der Waals surface area contributed by atoms with E-state index in [1.807, 2.05) is 18.2 Å². The summed E-state index contributed by atoms with van der Waals surface area (Å²) in [6, 6.07) is 8.77. The number of nitrogens with one attached hydrogen (secondary N) is 1. The predicted molar refractivity (Wildman–Crippen MR) is 79.6 cm³/mol. The van der Waals surface area contributed by atoms with Gasteiger partial charge in [0.1, 0.15) is 5.82 Å². The number of halogens is 1. The zero-order chi connectivity index (χ0) is 15.1. The van der Waals surface area contributed by atoms with Crippen molar-refractivity contribution in [3.63, 3.8) is 0 Å². The second kappa shape index (κ2) is 4.75. The summed E-state index contributed by atoms with van der Waals surface area (Å²) in [5, 5.41) is 21.5. The molecule has 2 aromatic carbocycles. The average molecular weight is 304 g/mol. The molecule has 0 atom stereocenters. The highest BCUT2D eigenvalue weighted by molar-refractivity contribution is 6.32. The highest BCUT2D eigenvalue weighted by Crippen LogP contribution is 2.42. The van der Waals surface area contributed by atoms with Crippen LogP contribution in [0.2, 0.25) is 5.02 Å². The van der Waals surface area contributed by atoms with Crippen molar-refractivity contribution in [3.05, 3.63) is 51.0 Å². The van der Waals surface area contributed by atoms with Crippen LogP contribution in [0.25, 0.3) is 22.4 Å². The van der Waals surface area contributed by atoms with Crippen LogP contribution in [0, 0.1) is 17.0 Å². The van der Waals surface area contributed by atoms with E-state index in [0.29, 0.717) is 11.3 Å². The second-order valence-corrected chi connectivity index (χ2v) is 5.00. The molecule has 106 valence electrons. The quantitative estimate of drug-likeness (QED) is 0.556. The Balaban J connectivity index is 2.29. The van der Waals surface area contributed by atoms with Gasteiger partial charge in [-0.2, -0.15) is 0 Å². The Morgan fingerprint density at radius 2 is 2.10 bits per heavy atom. The molecule has 0 spiro atoms. The molecule has 3 aromatic rings. The minimum absolute atomic E-state index is 0.202. The molecule has 0 saturated heterocycles. The SMILES string of the molecule is Cc1c(Cl)cc(-c2nc3ccccc3[nH]2)c(O)c1[N+](=O)[O-]. The standard InChI is InChI=1S/C14H10ClN3O3/c1-7-9(15)6-8(13(19)12(7)18(20)21)14-16-10-4-2-3-5-11(10)17-14/h2-6,19H,1H3,(H,16,17). The van der Waals surface area contributed by atoms with Gasteiger partial charge < -0.3 is 10.1 Å². The van der Waals surface area contributed by atoms with Crippen molar-refractivity contribution in [2.45, 2.75) is 6.92 Å². The van der Waals surface area contributed by atoms with Crippen molar-refractivity contribution in [3.8, 4) is 17.1 Å². The van der Waals surface area contributed by atoms with E-state index < -0.39 is 16.4 Å². The first kappa shape index (κ1) is 13.4. The lowest BCUT2D eigenvalue weighted by Gasteiger charge is -2.06. The van der Waals surface area contributed by atoms with Crippen molar-refractivity contribution in [2.24, 2.45) is 0 Å². The lowest BCUT2D eigenvalue weighted by molar-refractivity contribution is -0.386. The molecule has 0 fully saturated rings. The lowest BCUT2D eigenvalue weighted by Crippen LogP contribution is -1.95. The van der Waals surface area contributed by atoms with Gasteiger partial charge in [-0.3, -0.25) is 10.1 Å². The molecule has 1 aromatic heterocycles. The van der Waals surface area contributed by atoms with Crippen molar-refractivity contribution in [1.82, 2.24) is 9.97 Å². The van der Waals surface area contributed by atoms with Crippen LogP contribution in [0.5, 0.6) is 5.75 Å². The normalized spacial score (nSPS) is 11.0. The first-order valence-electron chi connectivity index (χ1n) is 6.10. The van der Waals surface area contributed by atoms with E-state index in [9.17, 15) is 15.2 Å². The van der Waals surface area contributed by atoms with Gasteiger partial charge in [0.05, 0.1) is 26.5 Å². The fourth-order valence-corrected chi connectivity index (χ4v) is 2.40. The number of hydrogen-bond donors (Lipinski definition) is 2. The van der Waals surface area contributed by atoms with Gasteiger partial charge in [-0.25, -0.2) is 4.98 Å². The number of phenols is 1. The summed E-state index contributed by atoms with van der Waals surface area (Å²) in [4.78, 5) is 17.8. The second-order valence-electron chi connectivity index (χ2n) is 4.59. The number of H-pyrrole nitrogens is 1. The molecule has 0 unspecified atom stereocenters. The Morgan fingerprint density at radius 1 is 1.38 bits per heavy atom. The molecule has 3 rings (SSSR count). The molecular weight excluding hydrogens is 294 g/mol. The van der Waals surface area contributed by atoms with E-state index in [1.54, 1.807) is 6.07 Å². The number of aromatic amines is 1. The third-order valence-electron chi connectivity index (χ3n) is 3.29. The van der Waals surface area contributed by atoms with E-state index in [4.69, 9.17) is 11.6 Å². The molecule has 7 heteroatoms. The Bertz CT molecular complexity index is 840. The number of benzene rings is 2. The Labute approximate surface area is 124 Å². The molecule has 0 saturated carbocycles. The van der Waals surface area contributed by atoms with Crippen LogP contribution in [0.15, 0.2) is 30.3 Å².